The van der Waals surface area contributed by atoms with Crippen molar-refractivity contribution in [2.24, 2.45) is 0 Å². The summed E-state index contributed by atoms with van der Waals surface area (Å²) < 4.78 is 0.695. The van der Waals surface area contributed by atoms with E-state index in [0.29, 0.717) is 14.3 Å². The van der Waals surface area contributed by atoms with Gasteiger partial charge in [0.15, 0.2) is 4.32 Å². The van der Waals surface area contributed by atoms with Gasteiger partial charge >= 0.3 is 0 Å². The fraction of sp³-hybridized carbons (Fsp3) is 0. The number of thiophene rings is 1. The van der Waals surface area contributed by atoms with Crippen molar-refractivity contribution in [2.75, 3.05) is 0 Å². The Bertz CT molecular complexity index is 731. The minimum Gasteiger partial charge on any atom is -0.274 e. The second-order valence-corrected chi connectivity index (χ2v) is 7.61. The molecule has 0 saturated carbocycles. The molecule has 21 heavy (non-hydrogen) atoms. The second kappa shape index (κ2) is 6.46. The molecule has 104 valence electrons. The molecule has 1 nitrogen and oxygen atoms in total. The standard InChI is InChI=1S/C15H9NS5/c17-13(11-7-4-8-20-11)16-14(18)12(21-15(16)19)9-10-5-2-1-3-6-10/h1-9H/b12-9-. The van der Waals surface area contributed by atoms with E-state index in [2.05, 4.69) is 6.08 Å². The van der Waals surface area contributed by atoms with Crippen molar-refractivity contribution in [3.63, 3.8) is 0 Å². The van der Waals surface area contributed by atoms with Crippen LogP contribution < -0.4 is 0 Å². The van der Waals surface area contributed by atoms with E-state index in [4.69, 9.17) is 36.7 Å². The van der Waals surface area contributed by atoms with E-state index >= 15 is 0 Å². The van der Waals surface area contributed by atoms with Crippen molar-refractivity contribution in [1.29, 1.82) is 0 Å². The maximum atomic E-state index is 5.55. The van der Waals surface area contributed by atoms with Crippen molar-refractivity contribution < 1.29 is 0 Å². The zero-order valence-electron chi connectivity index (χ0n) is 10.7. The number of benzene rings is 1. The molecule has 6 heteroatoms. The summed E-state index contributed by atoms with van der Waals surface area (Å²) in [6.45, 7) is 0. The van der Waals surface area contributed by atoms with Crippen molar-refractivity contribution >= 4 is 80.1 Å². The lowest BCUT2D eigenvalue weighted by Crippen LogP contribution is -2.32. The average Bonchev–Trinajstić information content (AvgIpc) is 3.09. The summed E-state index contributed by atoms with van der Waals surface area (Å²) in [6.07, 6.45) is 2.05. The highest BCUT2D eigenvalue weighted by Crippen LogP contribution is 2.35. The van der Waals surface area contributed by atoms with Crippen molar-refractivity contribution in [2.45, 2.75) is 0 Å². The van der Waals surface area contributed by atoms with Gasteiger partial charge in [-0.25, -0.2) is 0 Å². The number of thiocarbonyl (C=S) groups is 3. The highest BCUT2D eigenvalue weighted by molar-refractivity contribution is 8.27. The van der Waals surface area contributed by atoms with Crippen LogP contribution in [0.1, 0.15) is 10.4 Å². The molecular weight excluding hydrogens is 355 g/mol. The first kappa shape index (κ1) is 15.0. The molecule has 1 saturated heterocycles. The molecule has 1 aromatic carbocycles. The highest BCUT2D eigenvalue weighted by atomic mass is 32.2. The lowest BCUT2D eigenvalue weighted by atomic mass is 10.2. The first-order valence-corrected chi connectivity index (χ1v) is 9.00. The van der Waals surface area contributed by atoms with Crippen LogP contribution in [0, 0.1) is 0 Å². The molecule has 0 radical (unpaired) electrons. The molecule has 1 aromatic heterocycles. The van der Waals surface area contributed by atoms with Crippen LogP contribution in [-0.2, 0) is 0 Å². The van der Waals surface area contributed by atoms with E-state index < -0.39 is 0 Å². The normalized spacial score (nSPS) is 16.8. The maximum Gasteiger partial charge on any atom is 0.151 e. The Morgan fingerprint density at radius 1 is 1.05 bits per heavy atom. The molecule has 0 N–H and O–H groups in total. The lowest BCUT2D eigenvalue weighted by Gasteiger charge is -2.16. The van der Waals surface area contributed by atoms with Crippen LogP contribution in [0.15, 0.2) is 52.7 Å². The smallest absolute Gasteiger partial charge is 0.151 e. The number of rotatable bonds is 2. The zero-order chi connectivity index (χ0) is 14.8. The van der Waals surface area contributed by atoms with Gasteiger partial charge < -0.3 is 0 Å². The van der Waals surface area contributed by atoms with Crippen LogP contribution in [0.5, 0.6) is 0 Å². The fourth-order valence-corrected chi connectivity index (χ4v) is 4.84. The number of hydrogen-bond donors (Lipinski definition) is 0. The van der Waals surface area contributed by atoms with Crippen LogP contribution >= 0.6 is 59.8 Å². The molecule has 0 aliphatic carbocycles. The van der Waals surface area contributed by atoms with E-state index in [9.17, 15) is 0 Å². The van der Waals surface area contributed by atoms with Gasteiger partial charge in [-0.2, -0.15) is 0 Å². The topological polar surface area (TPSA) is 3.24 Å². The van der Waals surface area contributed by atoms with Gasteiger partial charge in [-0.15, -0.1) is 11.3 Å². The molecule has 0 atom stereocenters. The summed E-state index contributed by atoms with van der Waals surface area (Å²) in [7, 11) is 0. The van der Waals surface area contributed by atoms with E-state index in [1.54, 1.807) is 11.3 Å². The van der Waals surface area contributed by atoms with E-state index in [1.807, 2.05) is 52.7 Å². The largest absolute Gasteiger partial charge is 0.274 e. The lowest BCUT2D eigenvalue weighted by molar-refractivity contribution is 1.01. The monoisotopic (exact) mass is 363 g/mol. The molecule has 3 rings (SSSR count). The summed E-state index contributed by atoms with van der Waals surface area (Å²) in [5.74, 6) is 0. The van der Waals surface area contributed by atoms with Crippen LogP contribution in [-0.4, -0.2) is 19.2 Å². The van der Waals surface area contributed by atoms with Crippen molar-refractivity contribution in [3.8, 4) is 0 Å². The predicted octanol–water partition coefficient (Wildman–Crippen LogP) is 5.13. The third kappa shape index (κ3) is 3.14. The van der Waals surface area contributed by atoms with Gasteiger partial charge in [-0.05, 0) is 23.1 Å². The van der Waals surface area contributed by atoms with Crippen LogP contribution in [0.2, 0.25) is 0 Å². The summed E-state index contributed by atoms with van der Waals surface area (Å²) in [4.78, 5) is 5.17. The van der Waals surface area contributed by atoms with E-state index in [-0.39, 0.29) is 0 Å². The van der Waals surface area contributed by atoms with Crippen LogP contribution in [0.25, 0.3) is 6.08 Å². The third-order valence-corrected chi connectivity index (χ3v) is 6.09. The minimum absolute atomic E-state index is 0.684. The van der Waals surface area contributed by atoms with Crippen LogP contribution in [0.3, 0.4) is 0 Å². The molecule has 1 aliphatic rings. The maximum absolute atomic E-state index is 5.55. The minimum atomic E-state index is 0.684. The Balaban J connectivity index is 1.89. The Hall–Kier alpha value is -0.920. The van der Waals surface area contributed by atoms with Gasteiger partial charge in [0, 0.05) is 0 Å². The third-order valence-electron chi connectivity index (χ3n) is 2.83. The predicted molar refractivity (Wildman–Crippen MR) is 105 cm³/mol. The first-order valence-electron chi connectivity index (χ1n) is 6.07. The first-order chi connectivity index (χ1) is 10.2. The molecule has 0 unspecified atom stereocenters. The van der Waals surface area contributed by atoms with Gasteiger partial charge in [-0.3, -0.25) is 4.90 Å². The van der Waals surface area contributed by atoms with E-state index in [0.717, 1.165) is 15.3 Å². The molecule has 0 amide bonds. The summed E-state index contributed by atoms with van der Waals surface area (Å²) in [5.41, 5.74) is 1.11. The Kier molecular flexibility index (Phi) is 4.61. The van der Waals surface area contributed by atoms with Crippen molar-refractivity contribution in [3.05, 3.63) is 63.2 Å². The van der Waals surface area contributed by atoms with Crippen molar-refractivity contribution in [1.82, 2.24) is 4.90 Å². The molecule has 0 spiro atoms. The number of hydrogen-bond acceptors (Lipinski definition) is 5. The fourth-order valence-electron chi connectivity index (χ4n) is 1.85. The van der Waals surface area contributed by atoms with Gasteiger partial charge in [-0.1, -0.05) is 84.8 Å². The Morgan fingerprint density at radius 2 is 1.81 bits per heavy atom. The molecule has 2 heterocycles. The summed E-state index contributed by atoms with van der Waals surface area (Å²) in [6, 6.07) is 14.0. The van der Waals surface area contributed by atoms with Crippen LogP contribution in [0.4, 0.5) is 0 Å². The van der Waals surface area contributed by atoms with Gasteiger partial charge in [0.25, 0.3) is 0 Å². The highest BCUT2D eigenvalue weighted by Gasteiger charge is 2.32. The summed E-state index contributed by atoms with van der Waals surface area (Å²) in [5, 5.41) is 2.00. The summed E-state index contributed by atoms with van der Waals surface area (Å²) >= 11 is 19.6. The molecule has 0 bridgehead atoms. The number of nitrogens with zero attached hydrogens (tertiary/aromatic N) is 1. The quantitative estimate of drug-likeness (QED) is 0.536. The Labute approximate surface area is 147 Å². The van der Waals surface area contributed by atoms with Gasteiger partial charge in [0.2, 0.25) is 0 Å². The van der Waals surface area contributed by atoms with E-state index in [1.165, 1.54) is 11.8 Å². The van der Waals surface area contributed by atoms with Gasteiger partial charge in [0.1, 0.15) is 9.98 Å². The molecule has 1 aliphatic heterocycles. The molecule has 2 aromatic rings. The number of thioether (sulfide) groups is 1. The Morgan fingerprint density at radius 3 is 2.48 bits per heavy atom. The van der Waals surface area contributed by atoms with Gasteiger partial charge in [0.05, 0.1) is 9.78 Å². The second-order valence-electron chi connectivity index (χ2n) is 4.21. The molecular formula is C15H9NS5. The SMILES string of the molecule is S=C1S/C(=C\c2ccccc2)C(=S)N1C(=S)c1cccs1. The average molecular weight is 364 g/mol. The zero-order valence-corrected chi connectivity index (χ0v) is 14.8. The molecule has 1 fully saturated rings.